The van der Waals surface area contributed by atoms with Gasteiger partial charge in [0.2, 0.25) is 0 Å². The quantitative estimate of drug-likeness (QED) is 0.683. The first-order valence-electron chi connectivity index (χ1n) is 6.07. The lowest BCUT2D eigenvalue weighted by molar-refractivity contribution is -0.385. The average molecular weight is 273 g/mol. The van der Waals surface area contributed by atoms with Crippen molar-refractivity contribution in [2.75, 3.05) is 5.73 Å². The number of anilines is 1. The van der Waals surface area contributed by atoms with Crippen molar-refractivity contribution in [1.82, 2.24) is 4.98 Å². The molecule has 1 aromatic heterocycles. The Morgan fingerprint density at radius 3 is 2.75 bits per heavy atom. The summed E-state index contributed by atoms with van der Waals surface area (Å²) in [5.41, 5.74) is 7.97. The number of hydrogen-bond acceptors (Lipinski definition) is 5. The van der Waals surface area contributed by atoms with Crippen LogP contribution in [0.3, 0.4) is 0 Å². The van der Waals surface area contributed by atoms with Crippen LogP contribution in [0.25, 0.3) is 0 Å². The van der Waals surface area contributed by atoms with E-state index < -0.39 is 4.92 Å². The van der Waals surface area contributed by atoms with Crippen LogP contribution >= 0.6 is 0 Å². The molecule has 0 unspecified atom stereocenters. The Kier molecular flexibility index (Phi) is 3.84. The van der Waals surface area contributed by atoms with Gasteiger partial charge in [0.05, 0.1) is 11.0 Å². The fourth-order valence-electron chi connectivity index (χ4n) is 1.90. The minimum absolute atomic E-state index is 0.0461. The number of ether oxygens (including phenoxy) is 1. The van der Waals surface area contributed by atoms with E-state index in [1.807, 2.05) is 6.92 Å². The molecule has 0 atom stereocenters. The molecule has 20 heavy (non-hydrogen) atoms. The maximum Gasteiger partial charge on any atom is 0.276 e. The number of aromatic nitrogens is 1. The largest absolute Gasteiger partial charge is 0.488 e. The molecule has 6 nitrogen and oxygen atoms in total. The van der Waals surface area contributed by atoms with E-state index in [1.54, 1.807) is 31.3 Å². The number of nitrogen functional groups attached to an aromatic ring is 1. The van der Waals surface area contributed by atoms with Crippen LogP contribution in [-0.4, -0.2) is 9.91 Å². The summed E-state index contributed by atoms with van der Waals surface area (Å²) in [4.78, 5) is 14.5. The number of nitrogens with two attached hydrogens (primary N) is 1. The van der Waals surface area contributed by atoms with E-state index in [0.29, 0.717) is 17.1 Å². The number of benzene rings is 1. The Labute approximate surface area is 116 Å². The van der Waals surface area contributed by atoms with Gasteiger partial charge in [-0.05, 0) is 31.5 Å². The van der Waals surface area contributed by atoms with E-state index in [1.165, 1.54) is 6.07 Å². The predicted octanol–water partition coefficient (Wildman–Crippen LogP) is 2.77. The molecule has 104 valence electrons. The third-order valence-electron chi connectivity index (χ3n) is 3.00. The van der Waals surface area contributed by atoms with Gasteiger partial charge >= 0.3 is 0 Å². The SMILES string of the molecule is Cc1cc(C)c([N+](=O)[O-])cc1OCc1cccnc1N. The summed E-state index contributed by atoms with van der Waals surface area (Å²) in [6.07, 6.45) is 1.60. The van der Waals surface area contributed by atoms with E-state index in [9.17, 15) is 10.1 Å². The van der Waals surface area contributed by atoms with Gasteiger partial charge in [-0.3, -0.25) is 10.1 Å². The highest BCUT2D eigenvalue weighted by Crippen LogP contribution is 2.28. The van der Waals surface area contributed by atoms with Crippen molar-refractivity contribution in [2.45, 2.75) is 20.5 Å². The zero-order chi connectivity index (χ0) is 14.7. The highest BCUT2D eigenvalue weighted by atomic mass is 16.6. The molecule has 0 saturated carbocycles. The highest BCUT2D eigenvalue weighted by molar-refractivity contribution is 5.50. The molecule has 0 fully saturated rings. The summed E-state index contributed by atoms with van der Waals surface area (Å²) in [7, 11) is 0. The monoisotopic (exact) mass is 273 g/mol. The number of nitro groups is 1. The summed E-state index contributed by atoms with van der Waals surface area (Å²) in [6, 6.07) is 6.75. The molecule has 0 aliphatic rings. The van der Waals surface area contributed by atoms with Crippen LogP contribution in [0.2, 0.25) is 0 Å². The number of nitro benzene ring substituents is 1. The molecule has 0 saturated heterocycles. The number of rotatable bonds is 4. The maximum atomic E-state index is 10.9. The molecule has 0 aliphatic heterocycles. The van der Waals surface area contributed by atoms with Gasteiger partial charge < -0.3 is 10.5 Å². The zero-order valence-corrected chi connectivity index (χ0v) is 11.3. The molecule has 6 heteroatoms. The van der Waals surface area contributed by atoms with Crippen molar-refractivity contribution in [2.24, 2.45) is 0 Å². The Bertz CT molecular complexity index is 656. The molecular weight excluding hydrogens is 258 g/mol. The van der Waals surface area contributed by atoms with Crippen LogP contribution in [0.15, 0.2) is 30.5 Å². The van der Waals surface area contributed by atoms with Gasteiger partial charge in [-0.25, -0.2) is 4.98 Å². The fourth-order valence-corrected chi connectivity index (χ4v) is 1.90. The van der Waals surface area contributed by atoms with Gasteiger partial charge in [-0.1, -0.05) is 6.07 Å². The third-order valence-corrected chi connectivity index (χ3v) is 3.00. The predicted molar refractivity (Wildman–Crippen MR) is 75.6 cm³/mol. The fraction of sp³-hybridized carbons (Fsp3) is 0.214. The summed E-state index contributed by atoms with van der Waals surface area (Å²) >= 11 is 0. The van der Waals surface area contributed by atoms with Gasteiger partial charge in [0, 0.05) is 17.3 Å². The number of nitrogens with zero attached hydrogens (tertiary/aromatic N) is 2. The lowest BCUT2D eigenvalue weighted by Crippen LogP contribution is -2.03. The van der Waals surface area contributed by atoms with Crippen molar-refractivity contribution in [3.63, 3.8) is 0 Å². The van der Waals surface area contributed by atoms with Crippen LogP contribution in [0, 0.1) is 24.0 Å². The van der Waals surface area contributed by atoms with Gasteiger partial charge in [0.1, 0.15) is 18.2 Å². The van der Waals surface area contributed by atoms with Gasteiger partial charge in [0.15, 0.2) is 0 Å². The second-order valence-corrected chi connectivity index (χ2v) is 4.50. The topological polar surface area (TPSA) is 91.3 Å². The van der Waals surface area contributed by atoms with Crippen molar-refractivity contribution < 1.29 is 9.66 Å². The summed E-state index contributed by atoms with van der Waals surface area (Å²) in [6.45, 7) is 3.77. The lowest BCUT2D eigenvalue weighted by Gasteiger charge is -2.11. The Morgan fingerprint density at radius 2 is 2.10 bits per heavy atom. The second-order valence-electron chi connectivity index (χ2n) is 4.50. The Balaban J connectivity index is 2.24. The molecule has 1 aromatic carbocycles. The first-order valence-corrected chi connectivity index (χ1v) is 6.07. The van der Waals surface area contributed by atoms with Crippen LogP contribution < -0.4 is 10.5 Å². The zero-order valence-electron chi connectivity index (χ0n) is 11.3. The minimum Gasteiger partial charge on any atom is -0.488 e. The molecule has 1 heterocycles. The van der Waals surface area contributed by atoms with Gasteiger partial charge in [-0.2, -0.15) is 0 Å². The molecule has 0 bridgehead atoms. The molecule has 0 aliphatic carbocycles. The van der Waals surface area contributed by atoms with Crippen molar-refractivity contribution in [3.8, 4) is 5.75 Å². The molecule has 2 aromatic rings. The molecule has 0 amide bonds. The minimum atomic E-state index is -0.417. The first kappa shape index (κ1) is 13.8. The smallest absolute Gasteiger partial charge is 0.276 e. The number of pyridine rings is 1. The summed E-state index contributed by atoms with van der Waals surface area (Å²) < 4.78 is 5.63. The molecule has 2 rings (SSSR count). The van der Waals surface area contributed by atoms with E-state index in [0.717, 1.165) is 11.1 Å². The summed E-state index contributed by atoms with van der Waals surface area (Å²) in [5, 5.41) is 10.9. The van der Waals surface area contributed by atoms with Crippen LogP contribution in [0.4, 0.5) is 11.5 Å². The van der Waals surface area contributed by atoms with E-state index in [2.05, 4.69) is 4.98 Å². The van der Waals surface area contributed by atoms with Crippen molar-refractivity contribution in [1.29, 1.82) is 0 Å². The van der Waals surface area contributed by atoms with Gasteiger partial charge in [0.25, 0.3) is 5.69 Å². The lowest BCUT2D eigenvalue weighted by atomic mass is 10.1. The molecule has 0 spiro atoms. The standard InChI is InChI=1S/C14H15N3O3/c1-9-6-10(2)13(7-12(9)17(18)19)20-8-11-4-3-5-16-14(11)15/h3-7H,8H2,1-2H3,(H2,15,16). The second kappa shape index (κ2) is 5.56. The van der Waals surface area contributed by atoms with Crippen LogP contribution in [0.5, 0.6) is 5.75 Å². The number of hydrogen-bond donors (Lipinski definition) is 1. The molecular formula is C14H15N3O3. The molecule has 2 N–H and O–H groups in total. The van der Waals surface area contributed by atoms with E-state index >= 15 is 0 Å². The van der Waals surface area contributed by atoms with Crippen molar-refractivity contribution in [3.05, 3.63) is 57.3 Å². The maximum absolute atomic E-state index is 10.9. The van der Waals surface area contributed by atoms with E-state index in [4.69, 9.17) is 10.5 Å². The van der Waals surface area contributed by atoms with Crippen LogP contribution in [0.1, 0.15) is 16.7 Å². The average Bonchev–Trinajstić information content (AvgIpc) is 2.39. The first-order chi connectivity index (χ1) is 9.49. The van der Waals surface area contributed by atoms with Crippen molar-refractivity contribution >= 4 is 11.5 Å². The Morgan fingerprint density at radius 1 is 1.35 bits per heavy atom. The highest BCUT2D eigenvalue weighted by Gasteiger charge is 2.14. The van der Waals surface area contributed by atoms with E-state index in [-0.39, 0.29) is 12.3 Å². The third kappa shape index (κ3) is 2.85. The Hall–Kier alpha value is -2.63. The normalized spacial score (nSPS) is 10.3. The summed E-state index contributed by atoms with van der Waals surface area (Å²) in [5.74, 6) is 0.873. The molecule has 0 radical (unpaired) electrons. The van der Waals surface area contributed by atoms with Gasteiger partial charge in [-0.15, -0.1) is 0 Å². The number of aryl methyl sites for hydroxylation is 2. The van der Waals surface area contributed by atoms with Crippen LogP contribution in [-0.2, 0) is 6.61 Å².